The summed E-state index contributed by atoms with van der Waals surface area (Å²) in [4.78, 5) is 25.7. The van der Waals surface area contributed by atoms with Gasteiger partial charge >= 0.3 is 11.9 Å². The highest BCUT2D eigenvalue weighted by molar-refractivity contribution is 6.31. The number of hydrogen-bond acceptors (Lipinski definition) is 5. The molecule has 4 rings (SSSR count). The monoisotopic (exact) mass is 446 g/mol. The Morgan fingerprint density at radius 3 is 2.16 bits per heavy atom. The highest BCUT2D eigenvalue weighted by Crippen LogP contribution is 2.39. The Morgan fingerprint density at radius 2 is 1.53 bits per heavy atom. The van der Waals surface area contributed by atoms with Crippen molar-refractivity contribution in [2.45, 2.75) is 6.61 Å². The van der Waals surface area contributed by atoms with Crippen molar-refractivity contribution in [2.75, 3.05) is 7.11 Å². The minimum atomic E-state index is -0.642. The predicted octanol–water partition coefficient (Wildman–Crippen LogP) is 5.41. The van der Waals surface area contributed by atoms with E-state index in [0.29, 0.717) is 16.1 Å². The van der Waals surface area contributed by atoms with Crippen molar-refractivity contribution in [1.29, 1.82) is 0 Å². The first-order valence-electron chi connectivity index (χ1n) is 9.86. The molecule has 0 atom stereocenters. The molecule has 3 aromatic rings. The Morgan fingerprint density at radius 1 is 0.906 bits per heavy atom. The number of rotatable bonds is 6. The average molecular weight is 447 g/mol. The molecule has 0 radical (unpaired) electrons. The zero-order valence-electron chi connectivity index (χ0n) is 17.2. The summed E-state index contributed by atoms with van der Waals surface area (Å²) in [5, 5.41) is 0.530. The van der Waals surface area contributed by atoms with Crippen LogP contribution in [0.1, 0.15) is 16.7 Å². The molecule has 0 aliphatic carbocycles. The maximum Gasteiger partial charge on any atom is 0.348 e. The second kappa shape index (κ2) is 9.54. The lowest BCUT2D eigenvalue weighted by molar-refractivity contribution is -0.134. The van der Waals surface area contributed by atoms with Gasteiger partial charge in [0.1, 0.15) is 17.8 Å². The first-order chi connectivity index (χ1) is 15.6. The average Bonchev–Trinajstić information content (AvgIpc) is 3.15. The van der Waals surface area contributed by atoms with Gasteiger partial charge in [-0.2, -0.15) is 0 Å². The van der Waals surface area contributed by atoms with Crippen LogP contribution >= 0.6 is 11.6 Å². The van der Waals surface area contributed by atoms with Gasteiger partial charge in [0.25, 0.3) is 0 Å². The van der Waals surface area contributed by atoms with E-state index in [9.17, 15) is 9.59 Å². The van der Waals surface area contributed by atoms with Crippen molar-refractivity contribution >= 4 is 34.7 Å². The molecule has 0 saturated heterocycles. The van der Waals surface area contributed by atoms with Gasteiger partial charge in [-0.05, 0) is 28.8 Å². The number of methoxy groups -OCH3 is 1. The van der Waals surface area contributed by atoms with E-state index in [1.165, 1.54) is 7.11 Å². The Bertz CT molecular complexity index is 1200. The first-order valence-corrected chi connectivity index (χ1v) is 10.2. The van der Waals surface area contributed by atoms with Crippen LogP contribution in [0.3, 0.4) is 0 Å². The molecule has 32 heavy (non-hydrogen) atoms. The molecule has 1 aliphatic heterocycles. The molecule has 1 aliphatic rings. The smallest absolute Gasteiger partial charge is 0.348 e. The molecule has 0 N–H and O–H groups in total. The molecule has 5 nitrogen and oxygen atoms in total. The highest BCUT2D eigenvalue weighted by atomic mass is 35.5. The molecule has 0 aromatic heterocycles. The van der Waals surface area contributed by atoms with Crippen molar-refractivity contribution in [3.05, 3.63) is 118 Å². The molecule has 3 aromatic carbocycles. The lowest BCUT2D eigenvalue weighted by Gasteiger charge is -2.13. The number of carbonyl (C=O) groups is 2. The van der Waals surface area contributed by atoms with Gasteiger partial charge in [0.05, 0.1) is 7.11 Å². The number of halogens is 1. The number of ether oxygens (including phenoxy) is 3. The summed E-state index contributed by atoms with van der Waals surface area (Å²) in [5.41, 5.74) is 2.32. The van der Waals surface area contributed by atoms with Crippen LogP contribution in [0, 0.1) is 0 Å². The summed E-state index contributed by atoms with van der Waals surface area (Å²) < 4.78 is 16.7. The van der Waals surface area contributed by atoms with Crippen LogP contribution in [0.2, 0.25) is 5.02 Å². The quantitative estimate of drug-likeness (QED) is 0.374. The molecule has 0 spiro atoms. The fraction of sp³-hybridized carbons (Fsp3) is 0.0769. The van der Waals surface area contributed by atoms with E-state index in [2.05, 4.69) is 0 Å². The molecule has 0 fully saturated rings. The van der Waals surface area contributed by atoms with Crippen molar-refractivity contribution in [3.63, 3.8) is 0 Å². The number of esters is 2. The second-order valence-corrected chi connectivity index (χ2v) is 7.37. The van der Waals surface area contributed by atoms with Gasteiger partial charge in [0, 0.05) is 5.02 Å². The van der Waals surface area contributed by atoms with Crippen molar-refractivity contribution < 1.29 is 23.8 Å². The van der Waals surface area contributed by atoms with E-state index in [1.54, 1.807) is 48.5 Å². The number of cyclic esters (lactones) is 1. The Labute approximate surface area is 190 Å². The van der Waals surface area contributed by atoms with Crippen LogP contribution < -0.4 is 0 Å². The third-order valence-electron chi connectivity index (χ3n) is 4.87. The Kier molecular flexibility index (Phi) is 6.38. The molecule has 0 amide bonds. The molecule has 0 unspecified atom stereocenters. The van der Waals surface area contributed by atoms with Gasteiger partial charge in [0.15, 0.2) is 11.5 Å². The summed E-state index contributed by atoms with van der Waals surface area (Å²) in [6.45, 7) is 0.177. The second-order valence-electron chi connectivity index (χ2n) is 6.94. The summed E-state index contributed by atoms with van der Waals surface area (Å²) in [7, 11) is 1.27. The zero-order valence-corrected chi connectivity index (χ0v) is 18.0. The molecule has 1 heterocycles. The van der Waals surface area contributed by atoms with Crippen LogP contribution in [-0.4, -0.2) is 19.0 Å². The van der Waals surface area contributed by atoms with Crippen molar-refractivity contribution in [1.82, 2.24) is 0 Å². The summed E-state index contributed by atoms with van der Waals surface area (Å²) in [6.07, 6.45) is 0. The lowest BCUT2D eigenvalue weighted by Crippen LogP contribution is -2.10. The highest BCUT2D eigenvalue weighted by Gasteiger charge is 2.37. The minimum Gasteiger partial charge on any atom is -0.484 e. The standard InChI is InChI=1S/C26H19ClO5/c1-30-25(28)22(18-10-6-3-7-11-18)24-23(31-16-17-8-4-2-5-9-17)21(26(29)32-24)19-12-14-20(27)15-13-19/h2-15H,16H2,1H3/b24-22+. The van der Waals surface area contributed by atoms with E-state index >= 15 is 0 Å². The molecule has 0 saturated carbocycles. The minimum absolute atomic E-state index is 0.0222. The maximum absolute atomic E-state index is 13.0. The van der Waals surface area contributed by atoms with E-state index in [-0.39, 0.29) is 29.3 Å². The molecular formula is C26H19ClO5. The topological polar surface area (TPSA) is 61.8 Å². The van der Waals surface area contributed by atoms with Crippen LogP contribution in [0.4, 0.5) is 0 Å². The van der Waals surface area contributed by atoms with E-state index < -0.39 is 11.9 Å². The van der Waals surface area contributed by atoms with Gasteiger partial charge in [0.2, 0.25) is 0 Å². The Balaban J connectivity index is 1.90. The zero-order chi connectivity index (χ0) is 22.5. The predicted molar refractivity (Wildman–Crippen MR) is 121 cm³/mol. The van der Waals surface area contributed by atoms with Crippen LogP contribution in [-0.2, 0) is 30.4 Å². The van der Waals surface area contributed by atoms with Crippen LogP contribution in [0.25, 0.3) is 11.1 Å². The summed E-state index contributed by atoms with van der Waals surface area (Å²) in [5.74, 6) is -1.07. The van der Waals surface area contributed by atoms with Gasteiger partial charge in [-0.25, -0.2) is 9.59 Å². The van der Waals surface area contributed by atoms with Crippen molar-refractivity contribution in [2.24, 2.45) is 0 Å². The number of benzene rings is 3. The molecular weight excluding hydrogens is 428 g/mol. The van der Waals surface area contributed by atoms with Gasteiger partial charge < -0.3 is 14.2 Å². The Hall–Kier alpha value is -3.83. The third-order valence-corrected chi connectivity index (χ3v) is 5.12. The van der Waals surface area contributed by atoms with Gasteiger partial charge in [-0.3, -0.25) is 0 Å². The van der Waals surface area contributed by atoms with Crippen molar-refractivity contribution in [3.8, 4) is 0 Å². The fourth-order valence-electron chi connectivity index (χ4n) is 3.34. The molecule has 6 heteroatoms. The fourth-order valence-corrected chi connectivity index (χ4v) is 3.47. The normalized spacial score (nSPS) is 14.8. The molecule has 160 valence electrons. The largest absolute Gasteiger partial charge is 0.484 e. The number of carbonyl (C=O) groups excluding carboxylic acids is 2. The lowest BCUT2D eigenvalue weighted by atomic mass is 10.0. The number of hydrogen-bond donors (Lipinski definition) is 0. The summed E-state index contributed by atoms with van der Waals surface area (Å²) in [6, 6.07) is 25.1. The summed E-state index contributed by atoms with van der Waals surface area (Å²) >= 11 is 6.02. The van der Waals surface area contributed by atoms with Gasteiger partial charge in [-0.1, -0.05) is 84.4 Å². The SMILES string of the molecule is COC(=O)/C(=C1/OC(=O)C(c2ccc(Cl)cc2)=C1OCc1ccccc1)c1ccccc1. The van der Waals surface area contributed by atoms with E-state index in [1.807, 2.05) is 36.4 Å². The maximum atomic E-state index is 13.0. The van der Waals surface area contributed by atoms with Gasteiger partial charge in [-0.15, -0.1) is 0 Å². The van der Waals surface area contributed by atoms with E-state index in [4.69, 9.17) is 25.8 Å². The van der Waals surface area contributed by atoms with Crippen LogP contribution in [0.15, 0.2) is 96.4 Å². The van der Waals surface area contributed by atoms with Crippen LogP contribution in [0.5, 0.6) is 0 Å². The van der Waals surface area contributed by atoms with E-state index in [0.717, 1.165) is 5.56 Å². The first kappa shape index (κ1) is 21.4. The molecule has 0 bridgehead atoms. The third kappa shape index (κ3) is 4.43.